The molecule has 1 aliphatic rings. The van der Waals surface area contributed by atoms with Gasteiger partial charge in [-0.05, 0) is 43.0 Å². The topological polar surface area (TPSA) is 97.5 Å². The number of primary sulfonamides is 1. The Kier molecular flexibility index (Phi) is 4.97. The zero-order chi connectivity index (χ0) is 18.1. The quantitative estimate of drug-likeness (QED) is 0.854. The minimum atomic E-state index is -3.95. The van der Waals surface area contributed by atoms with E-state index in [9.17, 15) is 16.8 Å². The lowest BCUT2D eigenvalue weighted by molar-refractivity contribution is 0.385. The molecule has 2 aromatic carbocycles. The Labute approximate surface area is 148 Å². The van der Waals surface area contributed by atoms with Crippen molar-refractivity contribution in [2.75, 3.05) is 6.54 Å². The number of rotatable bonds is 5. The van der Waals surface area contributed by atoms with Crippen LogP contribution in [0.3, 0.4) is 0 Å². The van der Waals surface area contributed by atoms with Crippen molar-refractivity contribution in [3.8, 4) is 0 Å². The van der Waals surface area contributed by atoms with Gasteiger partial charge in [0.25, 0.3) is 0 Å². The zero-order valence-electron chi connectivity index (χ0n) is 13.6. The predicted molar refractivity (Wildman–Crippen MR) is 94.9 cm³/mol. The third kappa shape index (κ3) is 3.92. The van der Waals surface area contributed by atoms with Crippen LogP contribution in [-0.4, -0.2) is 33.7 Å². The van der Waals surface area contributed by atoms with Crippen LogP contribution in [-0.2, 0) is 26.5 Å². The lowest BCUT2D eigenvalue weighted by atomic mass is 10.1. The summed E-state index contributed by atoms with van der Waals surface area (Å²) in [5, 5.41) is 5.12. The largest absolute Gasteiger partial charge is 0.243 e. The summed E-state index contributed by atoms with van der Waals surface area (Å²) in [5.74, 6) is 0. The van der Waals surface area contributed by atoms with Gasteiger partial charge in [0.05, 0.1) is 9.79 Å². The molecule has 134 valence electrons. The van der Waals surface area contributed by atoms with Crippen LogP contribution >= 0.6 is 0 Å². The number of sulfonamides is 2. The Morgan fingerprint density at radius 1 is 0.960 bits per heavy atom. The van der Waals surface area contributed by atoms with Crippen LogP contribution in [0, 0.1) is 0 Å². The molecule has 3 rings (SSSR count). The predicted octanol–water partition coefficient (Wildman–Crippen LogP) is 1.73. The van der Waals surface area contributed by atoms with Gasteiger partial charge in [-0.15, -0.1) is 0 Å². The van der Waals surface area contributed by atoms with E-state index >= 15 is 0 Å². The minimum Gasteiger partial charge on any atom is -0.225 e. The number of benzene rings is 2. The fourth-order valence-electron chi connectivity index (χ4n) is 3.16. The van der Waals surface area contributed by atoms with E-state index in [0.717, 1.165) is 24.5 Å². The van der Waals surface area contributed by atoms with E-state index < -0.39 is 20.0 Å². The molecule has 0 saturated carbocycles. The highest BCUT2D eigenvalue weighted by molar-refractivity contribution is 7.90. The Hall–Kier alpha value is -1.74. The lowest BCUT2D eigenvalue weighted by Gasteiger charge is -2.24. The number of hydrogen-bond acceptors (Lipinski definition) is 4. The highest BCUT2D eigenvalue weighted by Crippen LogP contribution is 2.29. The molecule has 0 aliphatic carbocycles. The van der Waals surface area contributed by atoms with E-state index in [1.807, 2.05) is 30.3 Å². The van der Waals surface area contributed by atoms with Gasteiger partial charge in [-0.1, -0.05) is 36.4 Å². The standard InChI is InChI=1S/C17H20N2O4S2/c18-24(20,21)16-9-4-10-17(13-16)25(22,23)19-11-5-8-15(19)12-14-6-2-1-3-7-14/h1-4,6-7,9-10,13,15H,5,8,11-12H2,(H2,18,20,21)/t15-/m0/s1. The fourth-order valence-corrected chi connectivity index (χ4v) is 5.54. The molecule has 1 heterocycles. The summed E-state index contributed by atoms with van der Waals surface area (Å²) in [7, 11) is -7.73. The van der Waals surface area contributed by atoms with Crippen molar-refractivity contribution in [3.63, 3.8) is 0 Å². The van der Waals surface area contributed by atoms with Gasteiger partial charge in [0.1, 0.15) is 0 Å². The molecule has 1 saturated heterocycles. The Balaban J connectivity index is 1.91. The van der Waals surface area contributed by atoms with E-state index in [1.54, 1.807) is 0 Å². The van der Waals surface area contributed by atoms with E-state index in [-0.39, 0.29) is 15.8 Å². The van der Waals surface area contributed by atoms with Gasteiger partial charge in [-0.2, -0.15) is 4.31 Å². The second-order valence-corrected chi connectivity index (χ2v) is 9.57. The highest BCUT2D eigenvalue weighted by atomic mass is 32.2. The van der Waals surface area contributed by atoms with Gasteiger partial charge < -0.3 is 0 Å². The SMILES string of the molecule is NS(=O)(=O)c1cccc(S(=O)(=O)N2CCC[C@H]2Cc2ccccc2)c1. The van der Waals surface area contributed by atoms with Crippen LogP contribution in [0.25, 0.3) is 0 Å². The summed E-state index contributed by atoms with van der Waals surface area (Å²) in [6.07, 6.45) is 2.20. The van der Waals surface area contributed by atoms with Gasteiger partial charge in [-0.25, -0.2) is 22.0 Å². The number of nitrogens with two attached hydrogens (primary N) is 1. The molecule has 6 nitrogen and oxygen atoms in total. The van der Waals surface area contributed by atoms with Gasteiger partial charge in [0.15, 0.2) is 0 Å². The molecule has 2 aromatic rings. The maximum Gasteiger partial charge on any atom is 0.243 e. The number of nitrogens with zero attached hydrogens (tertiary/aromatic N) is 1. The van der Waals surface area contributed by atoms with Crippen molar-refractivity contribution in [1.29, 1.82) is 0 Å². The molecule has 1 atom stereocenters. The van der Waals surface area contributed by atoms with Gasteiger partial charge in [-0.3, -0.25) is 0 Å². The zero-order valence-corrected chi connectivity index (χ0v) is 15.2. The average molecular weight is 380 g/mol. The second kappa shape index (κ2) is 6.87. The van der Waals surface area contributed by atoms with Crippen LogP contribution in [0.5, 0.6) is 0 Å². The van der Waals surface area contributed by atoms with Gasteiger partial charge >= 0.3 is 0 Å². The fraction of sp³-hybridized carbons (Fsp3) is 0.294. The van der Waals surface area contributed by atoms with Crippen molar-refractivity contribution in [2.24, 2.45) is 5.14 Å². The summed E-state index contributed by atoms with van der Waals surface area (Å²) in [6.45, 7) is 0.430. The second-order valence-electron chi connectivity index (χ2n) is 6.12. The Morgan fingerprint density at radius 2 is 1.64 bits per heavy atom. The normalized spacial score (nSPS) is 19.2. The molecule has 25 heavy (non-hydrogen) atoms. The third-order valence-corrected chi connectivity index (χ3v) is 7.24. The first kappa shape index (κ1) is 18.1. The van der Waals surface area contributed by atoms with Crippen molar-refractivity contribution in [2.45, 2.75) is 35.1 Å². The van der Waals surface area contributed by atoms with Crippen LogP contribution in [0.1, 0.15) is 18.4 Å². The molecular formula is C17H20N2O4S2. The molecule has 0 amide bonds. The van der Waals surface area contributed by atoms with Crippen molar-refractivity contribution in [3.05, 3.63) is 60.2 Å². The lowest BCUT2D eigenvalue weighted by Crippen LogP contribution is -2.36. The van der Waals surface area contributed by atoms with Crippen LogP contribution in [0.15, 0.2) is 64.4 Å². The smallest absolute Gasteiger partial charge is 0.225 e. The van der Waals surface area contributed by atoms with Crippen LogP contribution in [0.4, 0.5) is 0 Å². The van der Waals surface area contributed by atoms with Crippen molar-refractivity contribution >= 4 is 20.0 Å². The number of hydrogen-bond donors (Lipinski definition) is 1. The van der Waals surface area contributed by atoms with Crippen LogP contribution in [0.2, 0.25) is 0 Å². The van der Waals surface area contributed by atoms with E-state index in [4.69, 9.17) is 5.14 Å². The van der Waals surface area contributed by atoms with Gasteiger partial charge in [0.2, 0.25) is 20.0 Å². The van der Waals surface area contributed by atoms with Crippen molar-refractivity contribution < 1.29 is 16.8 Å². The minimum absolute atomic E-state index is 0.0426. The molecule has 1 aliphatic heterocycles. The van der Waals surface area contributed by atoms with E-state index in [2.05, 4.69) is 0 Å². The Morgan fingerprint density at radius 3 is 2.32 bits per heavy atom. The maximum absolute atomic E-state index is 13.0. The van der Waals surface area contributed by atoms with Crippen molar-refractivity contribution in [1.82, 2.24) is 4.31 Å². The van der Waals surface area contributed by atoms with Crippen LogP contribution < -0.4 is 5.14 Å². The molecule has 8 heteroatoms. The molecule has 0 bridgehead atoms. The van der Waals surface area contributed by atoms with E-state index in [0.29, 0.717) is 13.0 Å². The maximum atomic E-state index is 13.0. The molecule has 2 N–H and O–H groups in total. The highest BCUT2D eigenvalue weighted by Gasteiger charge is 2.35. The summed E-state index contributed by atoms with van der Waals surface area (Å²) in [4.78, 5) is -0.244. The first-order valence-corrected chi connectivity index (χ1v) is 11.0. The summed E-state index contributed by atoms with van der Waals surface area (Å²) in [5.41, 5.74) is 1.08. The molecule has 0 unspecified atom stereocenters. The molecular weight excluding hydrogens is 360 g/mol. The Bertz CT molecular complexity index is 957. The molecule has 0 aromatic heterocycles. The monoisotopic (exact) mass is 380 g/mol. The first-order valence-electron chi connectivity index (χ1n) is 7.97. The first-order chi connectivity index (χ1) is 11.8. The van der Waals surface area contributed by atoms with Gasteiger partial charge in [0, 0.05) is 12.6 Å². The summed E-state index contributed by atoms with van der Waals surface area (Å²) in [6, 6.07) is 14.8. The third-order valence-electron chi connectivity index (χ3n) is 4.38. The summed E-state index contributed by atoms with van der Waals surface area (Å²) < 4.78 is 50.5. The summed E-state index contributed by atoms with van der Waals surface area (Å²) >= 11 is 0. The average Bonchev–Trinajstić information content (AvgIpc) is 3.04. The molecule has 0 radical (unpaired) electrons. The molecule has 0 spiro atoms. The molecule has 1 fully saturated rings. The van der Waals surface area contributed by atoms with E-state index in [1.165, 1.54) is 22.5 Å².